The SMILES string of the molecule is C=C(CCC(=O)OC)C(=O)N1N=CCC1c1cc(F)cc(F)c1. The molecule has 0 saturated heterocycles. The standard InChI is InChI=1S/C16H16F2N2O3/c1-10(3-4-15(21)23-2)16(22)20-14(5-6-19-20)11-7-12(17)9-13(18)8-11/h6-9,14H,1,3-5H2,2H3. The first-order valence-electron chi connectivity index (χ1n) is 6.99. The van der Waals surface area contributed by atoms with Crippen LogP contribution < -0.4 is 0 Å². The van der Waals surface area contributed by atoms with Crippen LogP contribution in [0.25, 0.3) is 0 Å². The van der Waals surface area contributed by atoms with Crippen molar-refractivity contribution in [2.45, 2.75) is 25.3 Å². The predicted molar refractivity (Wildman–Crippen MR) is 79.4 cm³/mol. The second-order valence-corrected chi connectivity index (χ2v) is 5.08. The van der Waals surface area contributed by atoms with E-state index in [0.717, 1.165) is 11.1 Å². The molecule has 0 N–H and O–H groups in total. The molecule has 0 saturated carbocycles. The second-order valence-electron chi connectivity index (χ2n) is 5.08. The summed E-state index contributed by atoms with van der Waals surface area (Å²) in [6, 6.07) is 2.50. The Balaban J connectivity index is 2.11. The number of halogens is 2. The van der Waals surface area contributed by atoms with E-state index in [0.29, 0.717) is 12.0 Å². The first-order valence-corrected chi connectivity index (χ1v) is 6.99. The number of hydrogen-bond acceptors (Lipinski definition) is 4. The van der Waals surface area contributed by atoms with Crippen LogP contribution in [0.3, 0.4) is 0 Å². The average molecular weight is 322 g/mol. The van der Waals surface area contributed by atoms with Gasteiger partial charge in [0.1, 0.15) is 11.6 Å². The molecule has 1 atom stereocenters. The van der Waals surface area contributed by atoms with Gasteiger partial charge in [-0.1, -0.05) is 6.58 Å². The highest BCUT2D eigenvalue weighted by atomic mass is 19.1. The van der Waals surface area contributed by atoms with Crippen LogP contribution >= 0.6 is 0 Å². The Morgan fingerprint density at radius 2 is 1.96 bits per heavy atom. The summed E-state index contributed by atoms with van der Waals surface area (Å²) in [6.07, 6.45) is 2.00. The third kappa shape index (κ3) is 4.00. The highest BCUT2D eigenvalue weighted by Gasteiger charge is 2.30. The van der Waals surface area contributed by atoms with E-state index in [2.05, 4.69) is 16.4 Å². The van der Waals surface area contributed by atoms with E-state index in [1.165, 1.54) is 25.5 Å². The smallest absolute Gasteiger partial charge is 0.305 e. The van der Waals surface area contributed by atoms with Crippen molar-refractivity contribution in [2.24, 2.45) is 5.10 Å². The molecule has 1 aliphatic rings. The Hall–Kier alpha value is -2.57. The summed E-state index contributed by atoms with van der Waals surface area (Å²) in [6.45, 7) is 3.65. The summed E-state index contributed by atoms with van der Waals surface area (Å²) in [4.78, 5) is 23.5. The molecular formula is C16H16F2N2O3. The summed E-state index contributed by atoms with van der Waals surface area (Å²) >= 11 is 0. The fourth-order valence-corrected chi connectivity index (χ4v) is 2.28. The fourth-order valence-electron chi connectivity index (χ4n) is 2.28. The van der Waals surface area contributed by atoms with Gasteiger partial charge in [0.25, 0.3) is 5.91 Å². The van der Waals surface area contributed by atoms with Gasteiger partial charge in [0.2, 0.25) is 0 Å². The zero-order valence-corrected chi connectivity index (χ0v) is 12.6. The summed E-state index contributed by atoms with van der Waals surface area (Å²) < 4.78 is 31.2. The van der Waals surface area contributed by atoms with Crippen molar-refractivity contribution in [3.63, 3.8) is 0 Å². The lowest BCUT2D eigenvalue weighted by atomic mass is 10.0. The molecule has 0 fully saturated rings. The number of ether oxygens (including phenoxy) is 1. The number of rotatable bonds is 5. The summed E-state index contributed by atoms with van der Waals surface area (Å²) in [5.74, 6) is -2.38. The monoisotopic (exact) mass is 322 g/mol. The van der Waals surface area contributed by atoms with E-state index in [-0.39, 0.29) is 18.4 Å². The maximum absolute atomic E-state index is 13.4. The Bertz CT molecular complexity index is 653. The van der Waals surface area contributed by atoms with Crippen LogP contribution in [0.4, 0.5) is 8.78 Å². The summed E-state index contributed by atoms with van der Waals surface area (Å²) in [5.41, 5.74) is 0.491. The van der Waals surface area contributed by atoms with E-state index < -0.39 is 29.6 Å². The van der Waals surface area contributed by atoms with Crippen molar-refractivity contribution in [1.82, 2.24) is 5.01 Å². The minimum absolute atomic E-state index is 0.0257. The van der Waals surface area contributed by atoms with Crippen LogP contribution in [0.1, 0.15) is 30.9 Å². The molecule has 0 radical (unpaired) electrons. The predicted octanol–water partition coefficient (Wildman–Crippen LogP) is 2.73. The zero-order valence-electron chi connectivity index (χ0n) is 12.6. The van der Waals surface area contributed by atoms with E-state index in [9.17, 15) is 18.4 Å². The van der Waals surface area contributed by atoms with Crippen LogP contribution in [0, 0.1) is 11.6 Å². The van der Waals surface area contributed by atoms with Crippen molar-refractivity contribution in [2.75, 3.05) is 7.11 Å². The first-order chi connectivity index (χ1) is 10.9. The van der Waals surface area contributed by atoms with Gasteiger partial charge in [0.05, 0.1) is 13.2 Å². The number of benzene rings is 1. The third-order valence-corrected chi connectivity index (χ3v) is 3.47. The lowest BCUT2D eigenvalue weighted by Crippen LogP contribution is -2.28. The molecule has 0 bridgehead atoms. The molecule has 1 aromatic rings. The van der Waals surface area contributed by atoms with Crippen molar-refractivity contribution >= 4 is 18.1 Å². The Labute approximate surface area is 132 Å². The number of esters is 1. The van der Waals surface area contributed by atoms with E-state index in [4.69, 9.17) is 0 Å². The molecule has 5 nitrogen and oxygen atoms in total. The number of carbonyl (C=O) groups is 2. The molecule has 0 spiro atoms. The van der Waals surface area contributed by atoms with Gasteiger partial charge in [-0.25, -0.2) is 13.8 Å². The van der Waals surface area contributed by atoms with Gasteiger partial charge >= 0.3 is 5.97 Å². The minimum atomic E-state index is -0.719. The molecule has 122 valence electrons. The molecular weight excluding hydrogens is 306 g/mol. The van der Waals surface area contributed by atoms with Crippen molar-refractivity contribution in [1.29, 1.82) is 0 Å². The number of amides is 1. The van der Waals surface area contributed by atoms with Gasteiger partial charge in [-0.3, -0.25) is 9.59 Å². The second kappa shape index (κ2) is 7.13. The van der Waals surface area contributed by atoms with Crippen molar-refractivity contribution in [3.8, 4) is 0 Å². The summed E-state index contributed by atoms with van der Waals surface area (Å²) in [7, 11) is 1.26. The van der Waals surface area contributed by atoms with E-state index >= 15 is 0 Å². The molecule has 1 aliphatic heterocycles. The van der Waals surface area contributed by atoms with Crippen LogP contribution in [-0.4, -0.2) is 30.2 Å². The molecule has 7 heteroatoms. The lowest BCUT2D eigenvalue weighted by molar-refractivity contribution is -0.140. The van der Waals surface area contributed by atoms with Gasteiger partial charge < -0.3 is 4.74 Å². The van der Waals surface area contributed by atoms with Gasteiger partial charge in [0, 0.05) is 30.7 Å². The number of nitrogens with zero attached hydrogens (tertiary/aromatic N) is 2. The van der Waals surface area contributed by atoms with E-state index in [1.807, 2.05) is 0 Å². The molecule has 2 rings (SSSR count). The third-order valence-electron chi connectivity index (χ3n) is 3.47. The molecule has 1 amide bonds. The number of hydrogen-bond donors (Lipinski definition) is 0. The molecule has 0 aliphatic carbocycles. The molecule has 23 heavy (non-hydrogen) atoms. The highest BCUT2D eigenvalue weighted by Crippen LogP contribution is 2.30. The largest absolute Gasteiger partial charge is 0.469 e. The fraction of sp³-hybridized carbons (Fsp3) is 0.312. The van der Waals surface area contributed by atoms with Gasteiger partial charge in [-0.15, -0.1) is 0 Å². The summed E-state index contributed by atoms with van der Waals surface area (Å²) in [5, 5.41) is 5.09. The molecule has 1 heterocycles. The van der Waals surface area contributed by atoms with E-state index in [1.54, 1.807) is 0 Å². The molecule has 1 unspecified atom stereocenters. The van der Waals surface area contributed by atoms with Gasteiger partial charge in [0.15, 0.2) is 0 Å². The topological polar surface area (TPSA) is 59.0 Å². The number of hydrazone groups is 1. The molecule has 1 aromatic carbocycles. The van der Waals surface area contributed by atoms with Gasteiger partial charge in [-0.05, 0) is 24.1 Å². The van der Waals surface area contributed by atoms with Crippen LogP contribution in [-0.2, 0) is 14.3 Å². The van der Waals surface area contributed by atoms with Crippen molar-refractivity contribution < 1.29 is 23.1 Å². The normalized spacial score (nSPS) is 16.5. The minimum Gasteiger partial charge on any atom is -0.469 e. The van der Waals surface area contributed by atoms with Crippen LogP contribution in [0.2, 0.25) is 0 Å². The maximum atomic E-state index is 13.4. The average Bonchev–Trinajstić information content (AvgIpc) is 3.00. The zero-order chi connectivity index (χ0) is 17.0. The Morgan fingerprint density at radius 3 is 2.57 bits per heavy atom. The highest BCUT2D eigenvalue weighted by molar-refractivity contribution is 5.94. The quantitative estimate of drug-likeness (QED) is 0.619. The maximum Gasteiger partial charge on any atom is 0.305 e. The Morgan fingerprint density at radius 1 is 1.30 bits per heavy atom. The molecule has 0 aromatic heterocycles. The first kappa shape index (κ1) is 16.8. The van der Waals surface area contributed by atoms with Gasteiger partial charge in [-0.2, -0.15) is 5.10 Å². The number of carbonyl (C=O) groups excluding carboxylic acids is 2. The lowest BCUT2D eigenvalue weighted by Gasteiger charge is -2.23. The van der Waals surface area contributed by atoms with Crippen LogP contribution in [0.5, 0.6) is 0 Å². The number of methoxy groups -OCH3 is 1. The van der Waals surface area contributed by atoms with Crippen molar-refractivity contribution in [3.05, 3.63) is 47.5 Å². The Kier molecular flexibility index (Phi) is 5.20. The van der Waals surface area contributed by atoms with Crippen LogP contribution in [0.15, 0.2) is 35.5 Å².